The summed E-state index contributed by atoms with van der Waals surface area (Å²) in [6.07, 6.45) is 4.35. The number of nitrogens with zero attached hydrogens (tertiary/aromatic N) is 3. The molecule has 0 saturated heterocycles. The van der Waals surface area contributed by atoms with Gasteiger partial charge in [0.15, 0.2) is 11.5 Å². The number of nitro groups is 1. The van der Waals surface area contributed by atoms with Crippen LogP contribution < -0.4 is 9.47 Å². The van der Waals surface area contributed by atoms with E-state index in [1.165, 1.54) is 16.7 Å². The van der Waals surface area contributed by atoms with Crippen molar-refractivity contribution in [3.63, 3.8) is 0 Å². The van der Waals surface area contributed by atoms with E-state index in [1.807, 2.05) is 0 Å². The zero-order chi connectivity index (χ0) is 22.5. The van der Waals surface area contributed by atoms with Crippen LogP contribution in [0.25, 0.3) is 12.2 Å². The molecular formula is C22H18FN3O6. The van der Waals surface area contributed by atoms with E-state index in [0.717, 1.165) is 6.20 Å². The molecule has 0 atom stereocenters. The van der Waals surface area contributed by atoms with E-state index in [0.29, 0.717) is 36.1 Å². The van der Waals surface area contributed by atoms with Gasteiger partial charge in [0, 0.05) is 6.08 Å². The Kier molecular flexibility index (Phi) is 6.11. The number of rotatable bonds is 7. The fraction of sp³-hybridized carbons (Fsp3) is 0.182. The number of para-hydroxylation sites is 1. The van der Waals surface area contributed by atoms with Gasteiger partial charge >= 0.3 is 11.8 Å². The lowest BCUT2D eigenvalue weighted by molar-refractivity contribution is -0.392. The van der Waals surface area contributed by atoms with Gasteiger partial charge in [-0.05, 0) is 40.8 Å². The molecule has 0 N–H and O–H groups in total. The molecule has 164 valence electrons. The number of fused-ring (bicyclic) bond motifs is 1. The summed E-state index contributed by atoms with van der Waals surface area (Å²) in [7, 11) is 0. The lowest BCUT2D eigenvalue weighted by Gasteiger charge is -2.20. The first-order chi connectivity index (χ1) is 15.5. The van der Waals surface area contributed by atoms with E-state index in [9.17, 15) is 19.3 Å². The molecule has 0 amide bonds. The fourth-order valence-electron chi connectivity index (χ4n) is 3.17. The van der Waals surface area contributed by atoms with E-state index in [1.54, 1.807) is 42.5 Å². The summed E-state index contributed by atoms with van der Waals surface area (Å²) >= 11 is 0. The molecule has 0 unspecified atom stereocenters. The highest BCUT2D eigenvalue weighted by Crippen LogP contribution is 2.34. The average molecular weight is 439 g/mol. The first-order valence-corrected chi connectivity index (χ1v) is 9.72. The van der Waals surface area contributed by atoms with Gasteiger partial charge in [-0.2, -0.15) is 0 Å². The van der Waals surface area contributed by atoms with Gasteiger partial charge in [-0.25, -0.2) is 18.7 Å². The molecule has 1 aliphatic heterocycles. The SMILES string of the molecule is O=C(OCCn1c([N+](=O)[O-])cnc1/C=C\c1ccc(F)cc1)c1cccc2c1OCCO2. The molecule has 0 aliphatic carbocycles. The van der Waals surface area contributed by atoms with E-state index in [-0.39, 0.29) is 30.4 Å². The first-order valence-electron chi connectivity index (χ1n) is 9.72. The zero-order valence-electron chi connectivity index (χ0n) is 16.8. The number of imidazole rings is 1. The van der Waals surface area contributed by atoms with Crippen LogP contribution in [-0.2, 0) is 11.3 Å². The third-order valence-electron chi connectivity index (χ3n) is 4.68. The molecule has 0 bridgehead atoms. The van der Waals surface area contributed by atoms with Gasteiger partial charge in [0.2, 0.25) is 5.82 Å². The van der Waals surface area contributed by atoms with Crippen molar-refractivity contribution in [1.82, 2.24) is 9.55 Å². The second kappa shape index (κ2) is 9.29. The van der Waals surface area contributed by atoms with Crippen LogP contribution in [0.1, 0.15) is 21.7 Å². The maximum absolute atomic E-state index is 13.1. The third-order valence-corrected chi connectivity index (χ3v) is 4.68. The Labute approximate surface area is 181 Å². The van der Waals surface area contributed by atoms with E-state index < -0.39 is 10.9 Å². The molecule has 32 heavy (non-hydrogen) atoms. The number of hydrogen-bond donors (Lipinski definition) is 0. The summed E-state index contributed by atoms with van der Waals surface area (Å²) in [4.78, 5) is 27.4. The Morgan fingerprint density at radius 1 is 1.19 bits per heavy atom. The summed E-state index contributed by atoms with van der Waals surface area (Å²) in [5, 5.41) is 11.4. The van der Waals surface area contributed by atoms with Crippen LogP contribution in [-0.4, -0.2) is 40.3 Å². The maximum atomic E-state index is 13.1. The van der Waals surface area contributed by atoms with Crippen molar-refractivity contribution in [2.24, 2.45) is 0 Å². The lowest BCUT2D eigenvalue weighted by atomic mass is 10.2. The summed E-state index contributed by atoms with van der Waals surface area (Å²) in [6, 6.07) is 10.7. The van der Waals surface area contributed by atoms with E-state index in [4.69, 9.17) is 14.2 Å². The summed E-state index contributed by atoms with van der Waals surface area (Å²) in [6.45, 7) is 0.599. The molecule has 2 heterocycles. The van der Waals surface area contributed by atoms with Crippen LogP contribution in [0.5, 0.6) is 11.5 Å². The van der Waals surface area contributed by atoms with Crippen molar-refractivity contribution in [3.8, 4) is 11.5 Å². The van der Waals surface area contributed by atoms with Gasteiger partial charge in [0.25, 0.3) is 0 Å². The van der Waals surface area contributed by atoms with Crippen LogP contribution >= 0.6 is 0 Å². The topological polar surface area (TPSA) is 106 Å². The minimum Gasteiger partial charge on any atom is -0.486 e. The molecule has 2 aromatic carbocycles. The summed E-state index contributed by atoms with van der Waals surface area (Å²) in [5.74, 6) is -0.153. The molecule has 0 radical (unpaired) electrons. The summed E-state index contributed by atoms with van der Waals surface area (Å²) < 4.78 is 30.7. The predicted octanol–water partition coefficient (Wildman–Crippen LogP) is 3.73. The van der Waals surface area contributed by atoms with E-state index >= 15 is 0 Å². The molecule has 4 rings (SSSR count). The van der Waals surface area contributed by atoms with Gasteiger partial charge < -0.3 is 24.3 Å². The number of carbonyl (C=O) groups excluding carboxylic acids is 1. The Bertz CT molecular complexity index is 1170. The first kappa shape index (κ1) is 21.0. The molecule has 0 spiro atoms. The number of ether oxygens (including phenoxy) is 3. The highest BCUT2D eigenvalue weighted by atomic mass is 19.1. The van der Waals surface area contributed by atoms with Gasteiger partial charge in [0.1, 0.15) is 43.9 Å². The van der Waals surface area contributed by atoms with Crippen molar-refractivity contribution < 1.29 is 28.3 Å². The number of carbonyl (C=O) groups is 1. The molecule has 10 heteroatoms. The smallest absolute Gasteiger partial charge is 0.343 e. The number of hydrogen-bond acceptors (Lipinski definition) is 7. The highest BCUT2D eigenvalue weighted by molar-refractivity contribution is 5.93. The van der Waals surface area contributed by atoms with Gasteiger partial charge in [-0.3, -0.25) is 0 Å². The van der Waals surface area contributed by atoms with Crippen LogP contribution in [0.3, 0.4) is 0 Å². The number of benzene rings is 2. The second-order valence-corrected chi connectivity index (χ2v) is 6.73. The molecule has 1 aromatic heterocycles. The molecular weight excluding hydrogens is 421 g/mol. The van der Waals surface area contributed by atoms with E-state index in [2.05, 4.69) is 4.98 Å². The molecule has 0 saturated carbocycles. The predicted molar refractivity (Wildman–Crippen MR) is 112 cm³/mol. The third kappa shape index (κ3) is 4.59. The minimum absolute atomic E-state index is 0.0114. The Morgan fingerprint density at radius 2 is 1.97 bits per heavy atom. The Morgan fingerprint density at radius 3 is 2.75 bits per heavy atom. The summed E-state index contributed by atoms with van der Waals surface area (Å²) in [5.41, 5.74) is 0.921. The number of aromatic nitrogens is 2. The quantitative estimate of drug-likeness (QED) is 0.314. The van der Waals surface area contributed by atoms with Gasteiger partial charge in [-0.15, -0.1) is 0 Å². The van der Waals surface area contributed by atoms with Crippen LogP contribution in [0, 0.1) is 15.9 Å². The number of esters is 1. The van der Waals surface area contributed by atoms with Crippen LogP contribution in [0.15, 0.2) is 48.7 Å². The van der Waals surface area contributed by atoms with Crippen LogP contribution in [0.2, 0.25) is 0 Å². The normalized spacial score (nSPS) is 12.7. The monoisotopic (exact) mass is 439 g/mol. The van der Waals surface area contributed by atoms with Crippen LogP contribution in [0.4, 0.5) is 10.2 Å². The van der Waals surface area contributed by atoms with Crippen molar-refractivity contribution in [1.29, 1.82) is 0 Å². The molecule has 1 aliphatic rings. The molecule has 0 fully saturated rings. The Hall–Kier alpha value is -4.21. The maximum Gasteiger partial charge on any atom is 0.343 e. The molecule has 9 nitrogen and oxygen atoms in total. The van der Waals surface area contributed by atoms with Crippen molar-refractivity contribution in [3.05, 3.63) is 81.5 Å². The van der Waals surface area contributed by atoms with Crippen molar-refractivity contribution in [2.45, 2.75) is 6.54 Å². The molecule has 3 aromatic rings. The zero-order valence-corrected chi connectivity index (χ0v) is 16.8. The standard InChI is InChI=1S/C22H18FN3O6/c23-16-7-4-15(5-8-16)6-9-19-24-14-20(26(28)29)25(19)10-11-32-22(27)17-2-1-3-18-21(17)31-13-12-30-18/h1-9,14H,10-13H2/b9-6-. The largest absolute Gasteiger partial charge is 0.486 e. The Balaban J connectivity index is 1.47. The lowest BCUT2D eigenvalue weighted by Crippen LogP contribution is -2.19. The van der Waals surface area contributed by atoms with Gasteiger partial charge in [0.05, 0.1) is 0 Å². The highest BCUT2D eigenvalue weighted by Gasteiger charge is 2.23. The second-order valence-electron chi connectivity index (χ2n) is 6.73. The minimum atomic E-state index is -0.626. The van der Waals surface area contributed by atoms with Gasteiger partial charge in [-0.1, -0.05) is 18.2 Å². The average Bonchev–Trinajstić information content (AvgIpc) is 3.21. The van der Waals surface area contributed by atoms with Crippen molar-refractivity contribution in [2.75, 3.05) is 19.8 Å². The van der Waals surface area contributed by atoms with Crippen molar-refractivity contribution >= 4 is 23.9 Å². The fourth-order valence-corrected chi connectivity index (χ4v) is 3.17. The number of halogens is 1.